The van der Waals surface area contributed by atoms with E-state index in [-0.39, 0.29) is 16.1 Å². The van der Waals surface area contributed by atoms with Gasteiger partial charge in [0.2, 0.25) is 0 Å². The zero-order chi connectivity index (χ0) is 13.1. The van der Waals surface area contributed by atoms with Crippen LogP contribution >= 0.6 is 0 Å². The smallest absolute Gasteiger partial charge is 0.282 e. The van der Waals surface area contributed by atoms with E-state index in [1.54, 1.807) is 31.2 Å². The minimum atomic E-state index is -1.47. The van der Waals surface area contributed by atoms with E-state index in [2.05, 4.69) is 0 Å². The van der Waals surface area contributed by atoms with Crippen LogP contribution in [0.15, 0.2) is 53.7 Å². The first-order valence-electron chi connectivity index (χ1n) is 5.44. The van der Waals surface area contributed by atoms with Crippen LogP contribution in [0, 0.1) is 11.0 Å². The van der Waals surface area contributed by atoms with Gasteiger partial charge in [0, 0.05) is 12.1 Å². The molecule has 2 rings (SSSR count). The fourth-order valence-electron chi connectivity index (χ4n) is 1.61. The van der Waals surface area contributed by atoms with Crippen LogP contribution in [0.25, 0.3) is 0 Å². The fourth-order valence-corrected chi connectivity index (χ4v) is 2.82. The normalized spacial score (nSPS) is 14.1. The lowest BCUT2D eigenvalue weighted by atomic mass is 10.2. The molecule has 0 saturated heterocycles. The third-order valence-corrected chi connectivity index (χ3v) is 4.30. The van der Waals surface area contributed by atoms with E-state index in [1.807, 2.05) is 0 Å². The monoisotopic (exact) mass is 265 g/mol. The molecular formula is C13H12FNO2S. The van der Waals surface area contributed by atoms with Crippen molar-refractivity contribution in [2.75, 3.05) is 0 Å². The van der Waals surface area contributed by atoms with Gasteiger partial charge in [-0.3, -0.25) is 0 Å². The number of pyridine rings is 1. The molecule has 0 fully saturated rings. The van der Waals surface area contributed by atoms with Gasteiger partial charge >= 0.3 is 0 Å². The van der Waals surface area contributed by atoms with Crippen LogP contribution in [0.3, 0.4) is 0 Å². The lowest BCUT2D eigenvalue weighted by Crippen LogP contribution is -2.32. The largest absolute Gasteiger partial charge is 0.618 e. The van der Waals surface area contributed by atoms with Crippen LogP contribution < -0.4 is 4.73 Å². The van der Waals surface area contributed by atoms with E-state index in [1.165, 1.54) is 24.4 Å². The molecule has 1 aromatic carbocycles. The predicted molar refractivity (Wildman–Crippen MR) is 66.6 cm³/mol. The van der Waals surface area contributed by atoms with Crippen LogP contribution in [0.5, 0.6) is 0 Å². The Hall–Kier alpha value is -1.75. The van der Waals surface area contributed by atoms with Crippen molar-refractivity contribution in [3.8, 4) is 0 Å². The maximum absolute atomic E-state index is 12.8. The molecule has 94 valence electrons. The van der Waals surface area contributed by atoms with Crippen LogP contribution in [0.4, 0.5) is 4.39 Å². The van der Waals surface area contributed by atoms with E-state index in [0.717, 1.165) is 5.56 Å². The highest BCUT2D eigenvalue weighted by atomic mass is 32.2. The van der Waals surface area contributed by atoms with Crippen molar-refractivity contribution < 1.29 is 13.3 Å². The Morgan fingerprint density at radius 2 is 1.89 bits per heavy atom. The van der Waals surface area contributed by atoms with Gasteiger partial charge in [-0.2, -0.15) is 4.73 Å². The molecule has 0 N–H and O–H groups in total. The number of halogens is 1. The van der Waals surface area contributed by atoms with Gasteiger partial charge < -0.3 is 5.21 Å². The Balaban J connectivity index is 2.29. The number of rotatable bonds is 3. The molecule has 0 spiro atoms. The van der Waals surface area contributed by atoms with Crippen molar-refractivity contribution in [3.63, 3.8) is 0 Å². The second-order valence-electron chi connectivity index (χ2n) is 3.86. The molecule has 3 nitrogen and oxygen atoms in total. The standard InChI is InChI=1S/C13H12FNO2S/c1-10(11-5-7-12(14)8-6-11)18(17)13-4-2-3-9-15(13)16/h2-10H,1H3. The molecule has 0 aliphatic heterocycles. The highest BCUT2D eigenvalue weighted by Crippen LogP contribution is 2.23. The van der Waals surface area contributed by atoms with E-state index in [9.17, 15) is 13.8 Å². The summed E-state index contributed by atoms with van der Waals surface area (Å²) in [7, 11) is -1.47. The molecular weight excluding hydrogens is 253 g/mol. The Morgan fingerprint density at radius 3 is 2.50 bits per heavy atom. The average molecular weight is 265 g/mol. The van der Waals surface area contributed by atoms with Gasteiger partial charge in [-0.05, 0) is 30.7 Å². The zero-order valence-corrected chi connectivity index (χ0v) is 10.6. The van der Waals surface area contributed by atoms with Crippen molar-refractivity contribution in [1.82, 2.24) is 0 Å². The molecule has 0 bridgehead atoms. The zero-order valence-electron chi connectivity index (χ0n) is 9.75. The molecule has 1 heterocycles. The molecule has 1 aromatic heterocycles. The van der Waals surface area contributed by atoms with E-state index < -0.39 is 10.8 Å². The summed E-state index contributed by atoms with van der Waals surface area (Å²) in [6.45, 7) is 1.75. The van der Waals surface area contributed by atoms with Crippen LogP contribution in [-0.4, -0.2) is 4.21 Å². The summed E-state index contributed by atoms with van der Waals surface area (Å²) in [6.07, 6.45) is 1.31. The summed E-state index contributed by atoms with van der Waals surface area (Å²) in [5.41, 5.74) is 0.735. The molecule has 18 heavy (non-hydrogen) atoms. The van der Waals surface area contributed by atoms with E-state index in [0.29, 0.717) is 4.73 Å². The minimum absolute atomic E-state index is 0.203. The Labute approximate surface area is 107 Å². The van der Waals surface area contributed by atoms with Crippen LogP contribution in [-0.2, 0) is 10.8 Å². The van der Waals surface area contributed by atoms with Gasteiger partial charge in [0.1, 0.15) is 16.6 Å². The third-order valence-electron chi connectivity index (χ3n) is 2.66. The Kier molecular flexibility index (Phi) is 3.72. The van der Waals surface area contributed by atoms with Gasteiger partial charge in [-0.15, -0.1) is 0 Å². The summed E-state index contributed by atoms with van der Waals surface area (Å²) < 4.78 is 25.6. The number of hydrogen-bond acceptors (Lipinski definition) is 2. The topological polar surface area (TPSA) is 44.0 Å². The maximum Gasteiger partial charge on any atom is 0.282 e. The highest BCUT2D eigenvalue weighted by Gasteiger charge is 2.21. The lowest BCUT2D eigenvalue weighted by molar-refractivity contribution is -0.646. The van der Waals surface area contributed by atoms with Crippen molar-refractivity contribution in [1.29, 1.82) is 0 Å². The molecule has 5 heteroatoms. The van der Waals surface area contributed by atoms with Gasteiger partial charge in [-0.1, -0.05) is 12.1 Å². The van der Waals surface area contributed by atoms with Crippen molar-refractivity contribution >= 4 is 10.8 Å². The molecule has 2 aromatic rings. The predicted octanol–water partition coefficient (Wildman–Crippen LogP) is 2.33. The number of nitrogens with zero attached hydrogens (tertiary/aromatic N) is 1. The maximum atomic E-state index is 12.8. The first-order chi connectivity index (χ1) is 8.59. The second kappa shape index (κ2) is 5.27. The van der Waals surface area contributed by atoms with Gasteiger partial charge in [0.25, 0.3) is 5.03 Å². The summed E-state index contributed by atoms with van der Waals surface area (Å²) in [6, 6.07) is 10.6. The first kappa shape index (κ1) is 12.7. The molecule has 2 atom stereocenters. The molecule has 0 amide bonds. The highest BCUT2D eigenvalue weighted by molar-refractivity contribution is 7.85. The molecule has 0 aliphatic carbocycles. The van der Waals surface area contributed by atoms with Gasteiger partial charge in [0.15, 0.2) is 6.20 Å². The molecule has 0 aliphatic rings. The van der Waals surface area contributed by atoms with Crippen LogP contribution in [0.1, 0.15) is 17.7 Å². The fraction of sp³-hybridized carbons (Fsp3) is 0.154. The number of hydrogen-bond donors (Lipinski definition) is 0. The Morgan fingerprint density at radius 1 is 1.22 bits per heavy atom. The van der Waals surface area contributed by atoms with E-state index >= 15 is 0 Å². The minimum Gasteiger partial charge on any atom is -0.618 e. The van der Waals surface area contributed by atoms with Gasteiger partial charge in [-0.25, -0.2) is 8.60 Å². The summed E-state index contributed by atoms with van der Waals surface area (Å²) >= 11 is 0. The van der Waals surface area contributed by atoms with Crippen molar-refractivity contribution in [3.05, 3.63) is 65.2 Å². The first-order valence-corrected chi connectivity index (χ1v) is 6.65. The summed E-state index contributed by atoms with van der Waals surface area (Å²) in [5.74, 6) is -0.338. The van der Waals surface area contributed by atoms with Crippen molar-refractivity contribution in [2.24, 2.45) is 0 Å². The second-order valence-corrected chi connectivity index (χ2v) is 5.58. The number of benzene rings is 1. The average Bonchev–Trinajstić information content (AvgIpc) is 2.38. The Bertz CT molecular complexity index is 571. The lowest BCUT2D eigenvalue weighted by Gasteiger charge is -2.11. The quantitative estimate of drug-likeness (QED) is 0.631. The summed E-state index contributed by atoms with van der Waals surface area (Å²) in [4.78, 5) is 0. The van der Waals surface area contributed by atoms with Crippen LogP contribution in [0.2, 0.25) is 0 Å². The third kappa shape index (κ3) is 2.56. The van der Waals surface area contributed by atoms with Gasteiger partial charge in [0.05, 0.1) is 5.25 Å². The van der Waals surface area contributed by atoms with Crippen molar-refractivity contribution in [2.45, 2.75) is 17.2 Å². The van der Waals surface area contributed by atoms with E-state index in [4.69, 9.17) is 0 Å². The SMILES string of the molecule is CC(c1ccc(F)cc1)S(=O)c1cccc[n+]1[O-]. The molecule has 2 unspecified atom stereocenters. The molecule has 0 saturated carbocycles. The molecule has 0 radical (unpaired) electrons. The summed E-state index contributed by atoms with van der Waals surface area (Å²) in [5, 5.41) is 11.3. The number of aromatic nitrogens is 1.